The number of hydrogen-bond acceptors (Lipinski definition) is 5. The molecule has 0 fully saturated rings. The summed E-state index contributed by atoms with van der Waals surface area (Å²) in [5.41, 5.74) is 0.774. The van der Waals surface area contributed by atoms with Gasteiger partial charge >= 0.3 is 6.18 Å². The Morgan fingerprint density at radius 2 is 1.86 bits per heavy atom. The van der Waals surface area contributed by atoms with Crippen LogP contribution < -0.4 is 10.2 Å². The van der Waals surface area contributed by atoms with Crippen LogP contribution in [0.1, 0.15) is 19.4 Å². The maximum Gasteiger partial charge on any atom is 0.416 e. The van der Waals surface area contributed by atoms with Gasteiger partial charge in [0.05, 0.1) is 17.4 Å². The molecule has 0 amide bonds. The summed E-state index contributed by atoms with van der Waals surface area (Å²) in [6.07, 6.45) is -4.86. The minimum absolute atomic E-state index is 0.00740. The maximum atomic E-state index is 12.8. The molecule has 1 N–H and O–H groups in total. The minimum Gasteiger partial charge on any atom is -0.491 e. The molecule has 0 aliphatic carbocycles. The molecule has 110 valence electrons. The standard InChI is InChI=1S/C13H11F3N4O/c1-8(2)21-12-4-9(13(14,15)16)3-10(5-12)19-20-11(6-17)7-18/h3-5,8,19H,1-2H3. The topological polar surface area (TPSA) is 81.2 Å². The summed E-state index contributed by atoms with van der Waals surface area (Å²) in [4.78, 5) is 0. The second-order valence-electron chi connectivity index (χ2n) is 4.21. The molecule has 0 unspecified atom stereocenters. The van der Waals surface area contributed by atoms with E-state index in [1.165, 1.54) is 18.2 Å². The predicted molar refractivity (Wildman–Crippen MR) is 69.5 cm³/mol. The average molecular weight is 296 g/mol. The van der Waals surface area contributed by atoms with Gasteiger partial charge in [-0.15, -0.1) is 0 Å². The van der Waals surface area contributed by atoms with Crippen LogP contribution in [0.5, 0.6) is 5.75 Å². The van der Waals surface area contributed by atoms with Crippen LogP contribution in [-0.2, 0) is 6.18 Å². The number of halogens is 3. The van der Waals surface area contributed by atoms with Crippen molar-refractivity contribution in [3.63, 3.8) is 0 Å². The van der Waals surface area contributed by atoms with E-state index in [4.69, 9.17) is 15.3 Å². The minimum atomic E-state index is -4.55. The van der Waals surface area contributed by atoms with Crippen molar-refractivity contribution in [3.05, 3.63) is 23.8 Å². The SMILES string of the molecule is CC(C)Oc1cc(NN=C(C#N)C#N)cc(C(F)(F)F)c1. The number of benzene rings is 1. The molecule has 0 atom stereocenters. The molecule has 0 aliphatic heterocycles. The second kappa shape index (κ2) is 6.62. The molecule has 0 aliphatic rings. The number of rotatable bonds is 4. The van der Waals surface area contributed by atoms with Crippen LogP contribution in [0.15, 0.2) is 23.3 Å². The Morgan fingerprint density at radius 1 is 1.24 bits per heavy atom. The lowest BCUT2D eigenvalue weighted by Crippen LogP contribution is -2.10. The Morgan fingerprint density at radius 3 is 2.33 bits per heavy atom. The molecule has 21 heavy (non-hydrogen) atoms. The van der Waals surface area contributed by atoms with Gasteiger partial charge < -0.3 is 4.74 Å². The highest BCUT2D eigenvalue weighted by molar-refractivity contribution is 6.10. The van der Waals surface area contributed by atoms with Crippen LogP contribution in [0.3, 0.4) is 0 Å². The van der Waals surface area contributed by atoms with E-state index in [0.717, 1.165) is 12.1 Å². The van der Waals surface area contributed by atoms with Crippen molar-refractivity contribution in [1.82, 2.24) is 0 Å². The Labute approximate surface area is 119 Å². The number of nitrogens with zero attached hydrogens (tertiary/aromatic N) is 3. The summed E-state index contributed by atoms with van der Waals surface area (Å²) < 4.78 is 43.6. The Balaban J connectivity index is 3.17. The van der Waals surface area contributed by atoms with Crippen LogP contribution in [0, 0.1) is 22.7 Å². The zero-order valence-corrected chi connectivity index (χ0v) is 11.2. The number of alkyl halides is 3. The lowest BCUT2D eigenvalue weighted by atomic mass is 10.2. The molecule has 0 spiro atoms. The Hall–Kier alpha value is -2.74. The smallest absolute Gasteiger partial charge is 0.416 e. The number of nitriles is 2. The molecule has 1 aromatic carbocycles. The van der Waals surface area contributed by atoms with Crippen molar-refractivity contribution >= 4 is 11.4 Å². The summed E-state index contributed by atoms with van der Waals surface area (Å²) >= 11 is 0. The quantitative estimate of drug-likeness (QED) is 0.682. The fourth-order valence-electron chi connectivity index (χ4n) is 1.36. The van der Waals surface area contributed by atoms with Gasteiger partial charge in [0.1, 0.15) is 17.9 Å². The van der Waals surface area contributed by atoms with Crippen molar-refractivity contribution < 1.29 is 17.9 Å². The summed E-state index contributed by atoms with van der Waals surface area (Å²) in [6.45, 7) is 3.35. The van der Waals surface area contributed by atoms with Gasteiger partial charge in [0.25, 0.3) is 0 Å². The van der Waals surface area contributed by atoms with Crippen LogP contribution in [0.2, 0.25) is 0 Å². The maximum absolute atomic E-state index is 12.8. The molecular weight excluding hydrogens is 285 g/mol. The first kappa shape index (κ1) is 16.3. The molecule has 5 nitrogen and oxygen atoms in total. The molecule has 0 bridgehead atoms. The van der Waals surface area contributed by atoms with Gasteiger partial charge in [-0.3, -0.25) is 5.43 Å². The monoisotopic (exact) mass is 296 g/mol. The van der Waals surface area contributed by atoms with E-state index in [1.54, 1.807) is 13.8 Å². The number of nitrogens with one attached hydrogen (secondary N) is 1. The highest BCUT2D eigenvalue weighted by Gasteiger charge is 2.31. The third-order valence-corrected chi connectivity index (χ3v) is 2.11. The van der Waals surface area contributed by atoms with E-state index in [-0.39, 0.29) is 17.5 Å². The van der Waals surface area contributed by atoms with E-state index in [9.17, 15) is 13.2 Å². The normalized spacial score (nSPS) is 10.5. The lowest BCUT2D eigenvalue weighted by Gasteiger charge is -2.14. The first-order valence-electron chi connectivity index (χ1n) is 5.79. The lowest BCUT2D eigenvalue weighted by molar-refractivity contribution is -0.137. The third kappa shape index (κ3) is 5.03. The van der Waals surface area contributed by atoms with Crippen LogP contribution >= 0.6 is 0 Å². The summed E-state index contributed by atoms with van der Waals surface area (Å²) in [5.74, 6) is 0.00740. The van der Waals surface area contributed by atoms with Gasteiger partial charge in [-0.05, 0) is 26.0 Å². The van der Waals surface area contributed by atoms with E-state index in [0.29, 0.717) is 0 Å². The molecule has 0 heterocycles. The summed E-state index contributed by atoms with van der Waals surface area (Å²) in [6, 6.07) is 5.94. The fourth-order valence-corrected chi connectivity index (χ4v) is 1.36. The van der Waals surface area contributed by atoms with E-state index >= 15 is 0 Å². The molecule has 0 aromatic heterocycles. The third-order valence-electron chi connectivity index (χ3n) is 2.11. The summed E-state index contributed by atoms with van der Waals surface area (Å²) in [5, 5.41) is 20.4. The van der Waals surface area contributed by atoms with E-state index in [1.807, 2.05) is 0 Å². The molecule has 0 saturated heterocycles. The fraction of sp³-hybridized carbons (Fsp3) is 0.308. The van der Waals surface area contributed by atoms with Gasteiger partial charge in [0, 0.05) is 6.07 Å². The van der Waals surface area contributed by atoms with Gasteiger partial charge in [-0.25, -0.2) is 0 Å². The molecule has 0 saturated carbocycles. The van der Waals surface area contributed by atoms with Crippen molar-refractivity contribution in [2.75, 3.05) is 5.43 Å². The van der Waals surface area contributed by atoms with Crippen LogP contribution in [0.4, 0.5) is 18.9 Å². The van der Waals surface area contributed by atoms with Crippen LogP contribution in [0.25, 0.3) is 0 Å². The zero-order valence-electron chi connectivity index (χ0n) is 11.2. The zero-order chi connectivity index (χ0) is 16.0. The number of hydrazone groups is 1. The first-order valence-corrected chi connectivity index (χ1v) is 5.79. The largest absolute Gasteiger partial charge is 0.491 e. The van der Waals surface area contributed by atoms with Crippen molar-refractivity contribution in [3.8, 4) is 17.9 Å². The molecule has 0 radical (unpaired) electrons. The van der Waals surface area contributed by atoms with Gasteiger partial charge in [-0.2, -0.15) is 28.8 Å². The molecule has 1 rings (SSSR count). The van der Waals surface area contributed by atoms with Gasteiger partial charge in [0.2, 0.25) is 5.71 Å². The second-order valence-corrected chi connectivity index (χ2v) is 4.21. The van der Waals surface area contributed by atoms with E-state index < -0.39 is 17.5 Å². The first-order chi connectivity index (χ1) is 9.76. The number of anilines is 1. The van der Waals surface area contributed by atoms with Gasteiger partial charge in [0.15, 0.2) is 0 Å². The number of hydrogen-bond donors (Lipinski definition) is 1. The molecule has 1 aromatic rings. The van der Waals surface area contributed by atoms with Crippen molar-refractivity contribution in [1.29, 1.82) is 10.5 Å². The number of ether oxygens (including phenoxy) is 1. The van der Waals surface area contributed by atoms with Crippen molar-refractivity contribution in [2.24, 2.45) is 5.10 Å². The average Bonchev–Trinajstić information content (AvgIpc) is 2.38. The van der Waals surface area contributed by atoms with E-state index in [2.05, 4.69) is 10.5 Å². The van der Waals surface area contributed by atoms with Gasteiger partial charge in [-0.1, -0.05) is 0 Å². The predicted octanol–water partition coefficient (Wildman–Crippen LogP) is 3.31. The highest BCUT2D eigenvalue weighted by atomic mass is 19.4. The molecular formula is C13H11F3N4O. The highest BCUT2D eigenvalue weighted by Crippen LogP contribution is 2.34. The summed E-state index contributed by atoms with van der Waals surface area (Å²) in [7, 11) is 0. The Bertz CT molecular complexity index is 608. The van der Waals surface area contributed by atoms with Crippen molar-refractivity contribution in [2.45, 2.75) is 26.1 Å². The van der Waals surface area contributed by atoms with Crippen LogP contribution in [-0.4, -0.2) is 11.8 Å². The molecule has 8 heteroatoms. The Kier molecular flexibility index (Phi) is 5.14.